The smallest absolute Gasteiger partial charge is 0.182 e. The summed E-state index contributed by atoms with van der Waals surface area (Å²) in [6.45, 7) is 0. The molecule has 2 heteroatoms. The van der Waals surface area contributed by atoms with Crippen LogP contribution in [0, 0.1) is 0 Å². The Morgan fingerprint density at radius 1 is 1.12 bits per heavy atom. The number of rotatable bonds is 0. The fraction of sp³-hybridized carbons (Fsp3) is 0.571. The van der Waals surface area contributed by atoms with Crippen LogP contribution in [0.4, 0.5) is 0 Å². The zero-order chi connectivity index (χ0) is 11.0. The van der Waals surface area contributed by atoms with Crippen molar-refractivity contribution >= 4 is 0 Å². The number of hydrogen-bond donors (Lipinski definition) is 1. The van der Waals surface area contributed by atoms with E-state index in [9.17, 15) is 5.11 Å². The van der Waals surface area contributed by atoms with Crippen LogP contribution in [-0.4, -0.2) is 10.7 Å². The molecule has 1 atom stereocenters. The molecule has 2 nitrogen and oxygen atoms in total. The van der Waals surface area contributed by atoms with E-state index in [-0.39, 0.29) is 5.60 Å². The summed E-state index contributed by atoms with van der Waals surface area (Å²) in [5, 5.41) is 10.1. The number of aliphatic hydroxyl groups excluding tert-OH is 1. The summed E-state index contributed by atoms with van der Waals surface area (Å²) in [6, 6.07) is 8.10. The first-order valence-corrected chi connectivity index (χ1v) is 6.23. The molecule has 1 aliphatic heterocycles. The fourth-order valence-corrected chi connectivity index (χ4v) is 3.12. The molecule has 0 bridgehead atoms. The summed E-state index contributed by atoms with van der Waals surface area (Å²) in [6.07, 6.45) is 6.21. The topological polar surface area (TPSA) is 29.5 Å². The van der Waals surface area contributed by atoms with Crippen LogP contribution in [0.25, 0.3) is 0 Å². The summed E-state index contributed by atoms with van der Waals surface area (Å²) >= 11 is 0. The van der Waals surface area contributed by atoms with Crippen molar-refractivity contribution in [3.8, 4) is 0 Å². The van der Waals surface area contributed by atoms with E-state index in [4.69, 9.17) is 4.74 Å². The molecular formula is C14H18O2. The Balaban J connectivity index is 1.93. The molecule has 1 heterocycles. The maximum absolute atomic E-state index is 10.1. The highest BCUT2D eigenvalue weighted by molar-refractivity contribution is 5.31. The van der Waals surface area contributed by atoms with Gasteiger partial charge < -0.3 is 9.84 Å². The molecule has 16 heavy (non-hydrogen) atoms. The molecule has 1 aliphatic carbocycles. The van der Waals surface area contributed by atoms with Crippen molar-refractivity contribution in [3.63, 3.8) is 0 Å². The first kappa shape index (κ1) is 10.3. The molecule has 0 saturated heterocycles. The molecule has 1 aromatic rings. The fourth-order valence-electron chi connectivity index (χ4n) is 3.12. The van der Waals surface area contributed by atoms with Gasteiger partial charge in [-0.1, -0.05) is 43.5 Å². The van der Waals surface area contributed by atoms with Crippen molar-refractivity contribution in [2.75, 3.05) is 0 Å². The average Bonchev–Trinajstić information content (AvgIpc) is 2.30. The molecule has 1 fully saturated rings. The van der Waals surface area contributed by atoms with Crippen LogP contribution in [0.5, 0.6) is 0 Å². The van der Waals surface area contributed by atoms with Crippen molar-refractivity contribution < 1.29 is 9.84 Å². The van der Waals surface area contributed by atoms with Crippen molar-refractivity contribution in [3.05, 3.63) is 35.4 Å². The second-order valence-corrected chi connectivity index (χ2v) is 5.09. The van der Waals surface area contributed by atoms with Crippen LogP contribution in [0.2, 0.25) is 0 Å². The number of hydrogen-bond acceptors (Lipinski definition) is 2. The molecule has 2 aliphatic rings. The van der Waals surface area contributed by atoms with Crippen LogP contribution in [-0.2, 0) is 11.2 Å². The molecule has 0 aromatic heterocycles. The Bertz CT molecular complexity index is 380. The van der Waals surface area contributed by atoms with Gasteiger partial charge in [-0.2, -0.15) is 0 Å². The quantitative estimate of drug-likeness (QED) is 0.725. The molecule has 1 aromatic carbocycles. The lowest BCUT2D eigenvalue weighted by Gasteiger charge is -2.43. The minimum atomic E-state index is -0.719. The molecule has 1 spiro atoms. The van der Waals surface area contributed by atoms with E-state index >= 15 is 0 Å². The van der Waals surface area contributed by atoms with Gasteiger partial charge in [0.05, 0.1) is 5.60 Å². The van der Waals surface area contributed by atoms with Crippen LogP contribution in [0.15, 0.2) is 24.3 Å². The second kappa shape index (κ2) is 3.86. The first-order chi connectivity index (χ1) is 7.79. The van der Waals surface area contributed by atoms with E-state index in [0.717, 1.165) is 24.8 Å². The van der Waals surface area contributed by atoms with Gasteiger partial charge in [-0.15, -0.1) is 0 Å². The minimum absolute atomic E-state index is 0.0774. The summed E-state index contributed by atoms with van der Waals surface area (Å²) < 4.78 is 5.90. The van der Waals surface area contributed by atoms with Crippen LogP contribution >= 0.6 is 0 Å². The molecular weight excluding hydrogens is 200 g/mol. The summed E-state index contributed by atoms with van der Waals surface area (Å²) in [7, 11) is 0. The Labute approximate surface area is 96.2 Å². The van der Waals surface area contributed by atoms with Crippen LogP contribution in [0.3, 0.4) is 0 Å². The molecule has 3 rings (SSSR count). The van der Waals surface area contributed by atoms with Gasteiger partial charge in [0.25, 0.3) is 0 Å². The Kier molecular flexibility index (Phi) is 2.49. The summed E-state index contributed by atoms with van der Waals surface area (Å²) in [4.78, 5) is 0. The zero-order valence-electron chi connectivity index (χ0n) is 9.48. The van der Waals surface area contributed by atoms with E-state index in [1.54, 1.807) is 0 Å². The first-order valence-electron chi connectivity index (χ1n) is 6.23. The zero-order valence-corrected chi connectivity index (χ0v) is 9.48. The standard InChI is InChI=1S/C14H18O2/c15-13-12-7-3-2-6-11(12)10-14(16-13)8-4-1-5-9-14/h2-3,6-7,13,15H,1,4-5,8-10H2. The van der Waals surface area contributed by atoms with Gasteiger partial charge in [0.2, 0.25) is 0 Å². The molecule has 86 valence electrons. The third-order valence-electron chi connectivity index (χ3n) is 3.96. The molecule has 0 amide bonds. The highest BCUT2D eigenvalue weighted by Gasteiger charge is 2.39. The largest absolute Gasteiger partial charge is 0.364 e. The number of aliphatic hydroxyl groups is 1. The van der Waals surface area contributed by atoms with Crippen molar-refractivity contribution in [2.24, 2.45) is 0 Å². The predicted octanol–water partition coefficient (Wildman–Crippen LogP) is 2.95. The maximum Gasteiger partial charge on any atom is 0.182 e. The highest BCUT2D eigenvalue weighted by atomic mass is 16.6. The lowest BCUT2D eigenvalue weighted by Crippen LogP contribution is -2.42. The van der Waals surface area contributed by atoms with E-state index in [1.165, 1.54) is 24.8 Å². The molecule has 1 unspecified atom stereocenters. The van der Waals surface area contributed by atoms with Gasteiger partial charge in [-0.05, 0) is 18.4 Å². The average molecular weight is 218 g/mol. The minimum Gasteiger partial charge on any atom is -0.364 e. The van der Waals surface area contributed by atoms with E-state index in [1.807, 2.05) is 18.2 Å². The second-order valence-electron chi connectivity index (χ2n) is 5.09. The maximum atomic E-state index is 10.1. The third-order valence-corrected chi connectivity index (χ3v) is 3.96. The normalized spacial score (nSPS) is 27.7. The summed E-state index contributed by atoms with van der Waals surface area (Å²) in [5.41, 5.74) is 2.15. The van der Waals surface area contributed by atoms with Crippen LogP contribution < -0.4 is 0 Å². The molecule has 1 N–H and O–H groups in total. The van der Waals surface area contributed by atoms with Gasteiger partial charge in [0, 0.05) is 12.0 Å². The highest BCUT2D eigenvalue weighted by Crippen LogP contribution is 2.42. The van der Waals surface area contributed by atoms with E-state index < -0.39 is 6.29 Å². The predicted molar refractivity (Wildman–Crippen MR) is 62.0 cm³/mol. The summed E-state index contributed by atoms with van der Waals surface area (Å²) in [5.74, 6) is 0. The van der Waals surface area contributed by atoms with Crippen LogP contribution in [0.1, 0.15) is 49.5 Å². The Hall–Kier alpha value is -0.860. The van der Waals surface area contributed by atoms with E-state index in [2.05, 4.69) is 6.07 Å². The van der Waals surface area contributed by atoms with E-state index in [0.29, 0.717) is 0 Å². The Morgan fingerprint density at radius 3 is 2.69 bits per heavy atom. The van der Waals surface area contributed by atoms with Gasteiger partial charge in [-0.25, -0.2) is 0 Å². The number of ether oxygens (including phenoxy) is 1. The molecule has 1 saturated carbocycles. The lowest BCUT2D eigenvalue weighted by molar-refractivity contribution is -0.210. The van der Waals surface area contributed by atoms with Gasteiger partial charge in [0.1, 0.15) is 0 Å². The van der Waals surface area contributed by atoms with Gasteiger partial charge in [0.15, 0.2) is 6.29 Å². The number of fused-ring (bicyclic) bond motifs is 1. The van der Waals surface area contributed by atoms with Crippen molar-refractivity contribution in [1.29, 1.82) is 0 Å². The Morgan fingerprint density at radius 2 is 1.88 bits per heavy atom. The lowest BCUT2D eigenvalue weighted by atomic mass is 9.78. The number of benzene rings is 1. The third kappa shape index (κ3) is 1.66. The van der Waals surface area contributed by atoms with Crippen molar-refractivity contribution in [1.82, 2.24) is 0 Å². The molecule has 0 radical (unpaired) electrons. The van der Waals surface area contributed by atoms with Gasteiger partial charge >= 0.3 is 0 Å². The SMILES string of the molecule is OC1OC2(CCCCC2)Cc2ccccc21. The van der Waals surface area contributed by atoms with Gasteiger partial charge in [-0.3, -0.25) is 0 Å². The monoisotopic (exact) mass is 218 g/mol. The van der Waals surface area contributed by atoms with Crippen molar-refractivity contribution in [2.45, 2.75) is 50.4 Å².